The number of carbonyl (C=O) groups is 1. The van der Waals surface area contributed by atoms with Gasteiger partial charge in [-0.1, -0.05) is 13.8 Å². The fraction of sp³-hybridized carbons (Fsp3) is 0.500. The van der Waals surface area contributed by atoms with Crippen LogP contribution in [0.4, 0.5) is 0 Å². The Morgan fingerprint density at radius 2 is 2.25 bits per heavy atom. The van der Waals surface area contributed by atoms with Crippen LogP contribution in [0, 0.1) is 11.3 Å². The smallest absolute Gasteiger partial charge is 0.307 e. The van der Waals surface area contributed by atoms with E-state index in [-0.39, 0.29) is 17.3 Å². The molecule has 4 heteroatoms. The molecule has 0 aliphatic heterocycles. The number of ether oxygens (including phenoxy) is 1. The molecule has 0 radical (unpaired) electrons. The van der Waals surface area contributed by atoms with E-state index in [0.29, 0.717) is 5.88 Å². The monoisotopic (exact) mass is 221 g/mol. The molecule has 0 bridgehead atoms. The van der Waals surface area contributed by atoms with Gasteiger partial charge >= 0.3 is 5.97 Å². The zero-order valence-electron chi connectivity index (χ0n) is 9.60. The molecule has 86 valence electrons. The van der Waals surface area contributed by atoms with E-state index in [1.54, 1.807) is 13.3 Å². The van der Waals surface area contributed by atoms with Crippen LogP contribution in [0.25, 0.3) is 0 Å². The first-order valence-corrected chi connectivity index (χ1v) is 5.21. The van der Waals surface area contributed by atoms with Crippen molar-refractivity contribution in [3.8, 4) is 5.88 Å². The molecule has 1 aromatic rings. The summed E-state index contributed by atoms with van der Waals surface area (Å²) in [5.74, 6) is -0.448. The number of aliphatic carboxylic acids is 1. The lowest BCUT2D eigenvalue weighted by Crippen LogP contribution is -2.03. The van der Waals surface area contributed by atoms with E-state index in [1.807, 2.05) is 26.0 Å². The van der Waals surface area contributed by atoms with Crippen molar-refractivity contribution in [1.29, 1.82) is 0 Å². The molecule has 4 nitrogen and oxygen atoms in total. The Kier molecular flexibility index (Phi) is 2.37. The van der Waals surface area contributed by atoms with Crippen LogP contribution in [0.3, 0.4) is 0 Å². The molecule has 1 N–H and O–H groups in total. The highest BCUT2D eigenvalue weighted by Gasteiger charge is 2.62. The lowest BCUT2D eigenvalue weighted by Gasteiger charge is -2.04. The standard InChI is InChI=1S/C12H15NO3/c1-12(2)9(10(12)11(14)15)7-4-5-13-8(6-7)16-3/h4-6,9-10H,1-3H3,(H,14,15). The Morgan fingerprint density at radius 1 is 1.56 bits per heavy atom. The molecule has 1 aliphatic rings. The van der Waals surface area contributed by atoms with Gasteiger partial charge in [0.15, 0.2) is 0 Å². The average molecular weight is 221 g/mol. The summed E-state index contributed by atoms with van der Waals surface area (Å²) in [5, 5.41) is 9.10. The highest BCUT2D eigenvalue weighted by Crippen LogP contribution is 2.64. The maximum atomic E-state index is 11.1. The second-order valence-corrected chi connectivity index (χ2v) is 4.75. The Balaban J connectivity index is 2.29. The number of nitrogens with zero attached hydrogens (tertiary/aromatic N) is 1. The quantitative estimate of drug-likeness (QED) is 0.847. The third-order valence-electron chi connectivity index (χ3n) is 3.42. The summed E-state index contributed by atoms with van der Waals surface area (Å²) in [6.07, 6.45) is 1.65. The fourth-order valence-corrected chi connectivity index (χ4v) is 2.45. The second kappa shape index (κ2) is 3.47. The van der Waals surface area contributed by atoms with Crippen LogP contribution < -0.4 is 4.74 Å². The van der Waals surface area contributed by atoms with Gasteiger partial charge in [-0.2, -0.15) is 0 Å². The van der Waals surface area contributed by atoms with Gasteiger partial charge in [-0.3, -0.25) is 4.79 Å². The molecule has 1 aromatic heterocycles. The molecule has 0 amide bonds. The minimum absolute atomic E-state index is 0.0573. The maximum Gasteiger partial charge on any atom is 0.307 e. The van der Waals surface area contributed by atoms with Crippen LogP contribution >= 0.6 is 0 Å². The van der Waals surface area contributed by atoms with Gasteiger partial charge in [0.2, 0.25) is 5.88 Å². The van der Waals surface area contributed by atoms with Gasteiger partial charge in [-0.15, -0.1) is 0 Å². The van der Waals surface area contributed by atoms with Crippen molar-refractivity contribution in [2.24, 2.45) is 11.3 Å². The Bertz CT molecular complexity index is 428. The van der Waals surface area contributed by atoms with E-state index in [1.165, 1.54) is 0 Å². The lowest BCUT2D eigenvalue weighted by atomic mass is 10.0. The van der Waals surface area contributed by atoms with Gasteiger partial charge in [0.05, 0.1) is 13.0 Å². The van der Waals surface area contributed by atoms with E-state index in [2.05, 4.69) is 4.98 Å². The maximum absolute atomic E-state index is 11.1. The predicted octanol–water partition coefficient (Wildman–Crippen LogP) is 1.91. The first kappa shape index (κ1) is 10.9. The van der Waals surface area contributed by atoms with Crippen LogP contribution in [0.2, 0.25) is 0 Å². The highest BCUT2D eigenvalue weighted by molar-refractivity contribution is 5.77. The highest BCUT2D eigenvalue weighted by atomic mass is 16.5. The Morgan fingerprint density at radius 3 is 2.75 bits per heavy atom. The SMILES string of the molecule is COc1cc(C2C(C(=O)O)C2(C)C)ccn1. The predicted molar refractivity (Wildman–Crippen MR) is 58.4 cm³/mol. The summed E-state index contributed by atoms with van der Waals surface area (Å²) >= 11 is 0. The minimum atomic E-state index is -0.731. The molecule has 0 aromatic carbocycles. The summed E-state index contributed by atoms with van der Waals surface area (Å²) in [4.78, 5) is 15.1. The van der Waals surface area contributed by atoms with Gasteiger partial charge in [-0.05, 0) is 17.0 Å². The number of aromatic nitrogens is 1. The molecule has 2 atom stereocenters. The van der Waals surface area contributed by atoms with Gasteiger partial charge in [0.25, 0.3) is 0 Å². The number of rotatable bonds is 3. The fourth-order valence-electron chi connectivity index (χ4n) is 2.45. The third kappa shape index (κ3) is 1.54. The molecular weight excluding hydrogens is 206 g/mol. The Hall–Kier alpha value is -1.58. The normalized spacial score (nSPS) is 26.2. The van der Waals surface area contributed by atoms with E-state index < -0.39 is 5.97 Å². The first-order chi connectivity index (χ1) is 7.48. The lowest BCUT2D eigenvalue weighted by molar-refractivity contribution is -0.139. The third-order valence-corrected chi connectivity index (χ3v) is 3.42. The van der Waals surface area contributed by atoms with Gasteiger partial charge in [0, 0.05) is 18.2 Å². The van der Waals surface area contributed by atoms with Crippen molar-refractivity contribution in [2.45, 2.75) is 19.8 Å². The number of carboxylic acids is 1. The molecule has 1 saturated carbocycles. The van der Waals surface area contributed by atoms with Crippen LogP contribution in [0.15, 0.2) is 18.3 Å². The van der Waals surface area contributed by atoms with Crippen molar-refractivity contribution in [1.82, 2.24) is 4.98 Å². The molecule has 16 heavy (non-hydrogen) atoms. The van der Waals surface area contributed by atoms with E-state index in [0.717, 1.165) is 5.56 Å². The second-order valence-electron chi connectivity index (χ2n) is 4.75. The van der Waals surface area contributed by atoms with Crippen LogP contribution in [0.1, 0.15) is 25.3 Å². The van der Waals surface area contributed by atoms with Crippen molar-refractivity contribution < 1.29 is 14.6 Å². The zero-order chi connectivity index (χ0) is 11.9. The molecule has 1 fully saturated rings. The largest absolute Gasteiger partial charge is 0.481 e. The molecule has 1 heterocycles. The molecule has 0 spiro atoms. The summed E-state index contributed by atoms with van der Waals surface area (Å²) in [7, 11) is 1.55. The summed E-state index contributed by atoms with van der Waals surface area (Å²) in [6.45, 7) is 3.95. The van der Waals surface area contributed by atoms with Crippen molar-refractivity contribution in [3.05, 3.63) is 23.9 Å². The van der Waals surface area contributed by atoms with Gasteiger partial charge in [0.1, 0.15) is 0 Å². The number of hydrogen-bond donors (Lipinski definition) is 1. The zero-order valence-corrected chi connectivity index (χ0v) is 9.60. The summed E-state index contributed by atoms with van der Waals surface area (Å²) in [6, 6.07) is 3.67. The Labute approximate surface area is 94.3 Å². The molecule has 2 unspecified atom stereocenters. The van der Waals surface area contributed by atoms with E-state index in [4.69, 9.17) is 9.84 Å². The van der Waals surface area contributed by atoms with Crippen molar-refractivity contribution >= 4 is 5.97 Å². The summed E-state index contributed by atoms with van der Waals surface area (Å²) < 4.78 is 5.04. The van der Waals surface area contributed by atoms with E-state index >= 15 is 0 Å². The topological polar surface area (TPSA) is 59.4 Å². The number of pyridine rings is 1. The van der Waals surface area contributed by atoms with Crippen LogP contribution in [-0.4, -0.2) is 23.2 Å². The molecule has 2 rings (SSSR count). The van der Waals surface area contributed by atoms with Crippen molar-refractivity contribution in [2.75, 3.05) is 7.11 Å². The molecule has 1 aliphatic carbocycles. The number of carboxylic acid groups (broad SMARTS) is 1. The van der Waals surface area contributed by atoms with Crippen molar-refractivity contribution in [3.63, 3.8) is 0 Å². The summed E-state index contributed by atoms with van der Waals surface area (Å²) in [5.41, 5.74) is 0.808. The molecular formula is C12H15NO3. The van der Waals surface area contributed by atoms with E-state index in [9.17, 15) is 4.79 Å². The van der Waals surface area contributed by atoms with Gasteiger partial charge < -0.3 is 9.84 Å². The first-order valence-electron chi connectivity index (χ1n) is 5.21. The minimum Gasteiger partial charge on any atom is -0.481 e. The number of methoxy groups -OCH3 is 1. The van der Waals surface area contributed by atoms with Crippen LogP contribution in [0.5, 0.6) is 5.88 Å². The van der Waals surface area contributed by atoms with Crippen LogP contribution in [-0.2, 0) is 4.79 Å². The number of hydrogen-bond acceptors (Lipinski definition) is 3. The average Bonchev–Trinajstić information content (AvgIpc) is 2.82. The van der Waals surface area contributed by atoms with Gasteiger partial charge in [-0.25, -0.2) is 4.98 Å². The molecule has 0 saturated heterocycles.